The Morgan fingerprint density at radius 3 is 2.58 bits per heavy atom. The summed E-state index contributed by atoms with van der Waals surface area (Å²) in [5, 5.41) is 15.0. The van der Waals surface area contributed by atoms with Gasteiger partial charge in [0.2, 0.25) is 5.91 Å². The highest BCUT2D eigenvalue weighted by Crippen LogP contribution is 2.29. The molecule has 0 aliphatic carbocycles. The minimum atomic E-state index is -0.364. The first-order valence-electron chi connectivity index (χ1n) is 9.98. The molecule has 2 amide bonds. The zero-order valence-corrected chi connectivity index (χ0v) is 17.6. The highest BCUT2D eigenvalue weighted by atomic mass is 16.2. The molecule has 1 aromatic carbocycles. The van der Waals surface area contributed by atoms with Crippen molar-refractivity contribution in [2.45, 2.75) is 26.9 Å². The lowest BCUT2D eigenvalue weighted by Gasteiger charge is -2.07. The van der Waals surface area contributed by atoms with E-state index in [4.69, 9.17) is 0 Å². The molecule has 0 fully saturated rings. The molecule has 9 heteroatoms. The van der Waals surface area contributed by atoms with Gasteiger partial charge < -0.3 is 10.6 Å². The molecule has 4 rings (SSSR count). The number of pyridine rings is 1. The molecule has 9 nitrogen and oxygen atoms in total. The van der Waals surface area contributed by atoms with Gasteiger partial charge in [0.15, 0.2) is 11.3 Å². The average Bonchev–Trinajstić information content (AvgIpc) is 3.34. The third-order valence-electron chi connectivity index (χ3n) is 4.99. The van der Waals surface area contributed by atoms with Crippen LogP contribution in [0.25, 0.3) is 22.2 Å². The molecule has 0 bridgehead atoms. The van der Waals surface area contributed by atoms with Gasteiger partial charge in [-0.25, -0.2) is 9.67 Å². The lowest BCUT2D eigenvalue weighted by molar-refractivity contribution is -0.116. The molecular weight excluding hydrogens is 394 g/mol. The summed E-state index contributed by atoms with van der Waals surface area (Å²) in [5.74, 6) is -0.686. The third kappa shape index (κ3) is 3.89. The number of aromatic nitrogens is 5. The molecule has 0 atom stereocenters. The number of hydrogen-bond donors (Lipinski definition) is 2. The number of carbonyl (C=O) groups excluding carboxylic acids is 2. The van der Waals surface area contributed by atoms with Crippen molar-refractivity contribution in [3.05, 3.63) is 60.2 Å². The second kappa shape index (κ2) is 8.39. The lowest BCUT2D eigenvalue weighted by atomic mass is 10.0. The number of benzene rings is 1. The van der Waals surface area contributed by atoms with Crippen LogP contribution in [0.5, 0.6) is 0 Å². The zero-order valence-electron chi connectivity index (χ0n) is 17.6. The molecule has 0 radical (unpaired) electrons. The third-order valence-corrected chi connectivity index (χ3v) is 4.99. The Labute approximate surface area is 179 Å². The summed E-state index contributed by atoms with van der Waals surface area (Å²) in [4.78, 5) is 29.3. The van der Waals surface area contributed by atoms with E-state index in [-0.39, 0.29) is 24.1 Å². The number of amides is 2. The molecule has 31 heavy (non-hydrogen) atoms. The molecule has 3 aromatic heterocycles. The predicted octanol–water partition coefficient (Wildman–Crippen LogP) is 2.62. The van der Waals surface area contributed by atoms with E-state index in [9.17, 15) is 9.59 Å². The van der Waals surface area contributed by atoms with Crippen LogP contribution in [0.2, 0.25) is 0 Å². The van der Waals surface area contributed by atoms with Crippen molar-refractivity contribution in [3.63, 3.8) is 0 Å². The Morgan fingerprint density at radius 1 is 1.10 bits per heavy atom. The molecule has 0 saturated carbocycles. The number of nitrogens with zero attached hydrogens (tertiary/aromatic N) is 5. The fourth-order valence-electron chi connectivity index (χ4n) is 3.54. The van der Waals surface area contributed by atoms with E-state index in [0.717, 1.165) is 22.2 Å². The molecule has 0 spiro atoms. The number of carbonyl (C=O) groups is 2. The molecular formula is C22H23N7O2. The molecule has 2 N–H and O–H groups in total. The molecule has 0 aliphatic rings. The van der Waals surface area contributed by atoms with E-state index in [1.165, 1.54) is 7.05 Å². The van der Waals surface area contributed by atoms with Crippen molar-refractivity contribution >= 4 is 28.5 Å². The van der Waals surface area contributed by atoms with E-state index in [1.54, 1.807) is 21.8 Å². The number of fused-ring (bicyclic) bond motifs is 1. The molecule has 3 heterocycles. The largest absolute Gasteiger partial charge is 0.354 e. The van der Waals surface area contributed by atoms with E-state index in [1.807, 2.05) is 50.2 Å². The predicted molar refractivity (Wildman–Crippen MR) is 118 cm³/mol. The van der Waals surface area contributed by atoms with Crippen LogP contribution in [0, 0.1) is 6.92 Å². The Morgan fingerprint density at radius 2 is 1.87 bits per heavy atom. The summed E-state index contributed by atoms with van der Waals surface area (Å²) in [6, 6.07) is 11.9. The van der Waals surface area contributed by atoms with Crippen molar-refractivity contribution in [2.24, 2.45) is 0 Å². The van der Waals surface area contributed by atoms with Crippen molar-refractivity contribution in [1.82, 2.24) is 29.9 Å². The smallest absolute Gasteiger partial charge is 0.273 e. The van der Waals surface area contributed by atoms with Crippen LogP contribution in [0.1, 0.15) is 23.1 Å². The maximum Gasteiger partial charge on any atom is 0.273 e. The quantitative estimate of drug-likeness (QED) is 0.502. The second-order valence-electron chi connectivity index (χ2n) is 7.04. The fourth-order valence-corrected chi connectivity index (χ4v) is 3.54. The van der Waals surface area contributed by atoms with Gasteiger partial charge in [-0.15, -0.1) is 0 Å². The Balaban J connectivity index is 1.64. The van der Waals surface area contributed by atoms with E-state index in [0.29, 0.717) is 17.9 Å². The van der Waals surface area contributed by atoms with E-state index < -0.39 is 0 Å². The van der Waals surface area contributed by atoms with Crippen molar-refractivity contribution < 1.29 is 9.59 Å². The van der Waals surface area contributed by atoms with Gasteiger partial charge >= 0.3 is 0 Å². The minimum absolute atomic E-state index is 0.0416. The topological polar surface area (TPSA) is 107 Å². The van der Waals surface area contributed by atoms with Gasteiger partial charge in [-0.1, -0.05) is 30.3 Å². The van der Waals surface area contributed by atoms with Crippen molar-refractivity contribution in [3.8, 4) is 11.1 Å². The first kappa shape index (κ1) is 20.3. The Kier molecular flexibility index (Phi) is 5.48. The normalized spacial score (nSPS) is 10.9. The summed E-state index contributed by atoms with van der Waals surface area (Å²) in [6.45, 7) is 4.34. The highest BCUT2D eigenvalue weighted by molar-refractivity contribution is 6.02. The first-order chi connectivity index (χ1) is 15.0. The van der Waals surface area contributed by atoms with Crippen LogP contribution in [-0.4, -0.2) is 43.4 Å². The van der Waals surface area contributed by atoms with Crippen LogP contribution in [0.15, 0.2) is 48.8 Å². The second-order valence-corrected chi connectivity index (χ2v) is 7.04. The number of rotatable bonds is 6. The van der Waals surface area contributed by atoms with Gasteiger partial charge in [-0.3, -0.25) is 14.3 Å². The van der Waals surface area contributed by atoms with Gasteiger partial charge in [-0.05, 0) is 31.0 Å². The van der Waals surface area contributed by atoms with Gasteiger partial charge in [0, 0.05) is 31.4 Å². The molecule has 158 valence electrons. The van der Waals surface area contributed by atoms with Crippen LogP contribution in [0.3, 0.4) is 0 Å². The fraction of sp³-hybridized carbons (Fsp3) is 0.227. The maximum atomic E-state index is 12.8. The number of hydrogen-bond acceptors (Lipinski definition) is 5. The Bertz CT molecular complexity index is 1260. The molecule has 0 unspecified atom stereocenters. The first-order valence-corrected chi connectivity index (χ1v) is 9.98. The van der Waals surface area contributed by atoms with Gasteiger partial charge in [0.05, 0.1) is 11.4 Å². The number of anilines is 1. The molecule has 0 aliphatic heterocycles. The standard InChI is InChI=1S/C22H23N7O2/c1-4-28-12-17(20(27-28)22(31)23-3)25-18(30)13-29-21-19(14(2)26-29)16(10-11-24-21)15-8-6-5-7-9-15/h5-12H,4,13H2,1-3H3,(H,23,31)(H,25,30). The molecule has 0 saturated heterocycles. The summed E-state index contributed by atoms with van der Waals surface area (Å²) in [6.07, 6.45) is 3.36. The summed E-state index contributed by atoms with van der Waals surface area (Å²) in [7, 11) is 1.52. The zero-order chi connectivity index (χ0) is 22.0. The number of nitrogens with one attached hydrogen (secondary N) is 2. The lowest BCUT2D eigenvalue weighted by Crippen LogP contribution is -2.23. The van der Waals surface area contributed by atoms with Gasteiger partial charge in [-0.2, -0.15) is 10.2 Å². The van der Waals surface area contributed by atoms with Crippen LogP contribution in [-0.2, 0) is 17.9 Å². The summed E-state index contributed by atoms with van der Waals surface area (Å²) in [5.41, 5.74) is 4.02. The average molecular weight is 417 g/mol. The molecule has 4 aromatic rings. The summed E-state index contributed by atoms with van der Waals surface area (Å²) >= 11 is 0. The number of aryl methyl sites for hydroxylation is 2. The van der Waals surface area contributed by atoms with Crippen LogP contribution < -0.4 is 10.6 Å². The van der Waals surface area contributed by atoms with Crippen LogP contribution in [0.4, 0.5) is 5.69 Å². The van der Waals surface area contributed by atoms with Gasteiger partial charge in [0.25, 0.3) is 5.91 Å². The van der Waals surface area contributed by atoms with Crippen molar-refractivity contribution in [1.29, 1.82) is 0 Å². The monoisotopic (exact) mass is 417 g/mol. The Hall–Kier alpha value is -4.01. The van der Waals surface area contributed by atoms with Gasteiger partial charge in [0.1, 0.15) is 6.54 Å². The van der Waals surface area contributed by atoms with E-state index >= 15 is 0 Å². The summed E-state index contributed by atoms with van der Waals surface area (Å²) < 4.78 is 3.18. The van der Waals surface area contributed by atoms with Crippen molar-refractivity contribution in [2.75, 3.05) is 12.4 Å². The van der Waals surface area contributed by atoms with Crippen LogP contribution >= 0.6 is 0 Å². The SMILES string of the molecule is CCn1cc(NC(=O)Cn2nc(C)c3c(-c4ccccc4)ccnc32)c(C(=O)NC)n1. The van der Waals surface area contributed by atoms with E-state index in [2.05, 4.69) is 25.8 Å². The minimum Gasteiger partial charge on any atom is -0.354 e. The highest BCUT2D eigenvalue weighted by Gasteiger charge is 2.19. The maximum absolute atomic E-state index is 12.8.